The van der Waals surface area contributed by atoms with Crippen LogP contribution in [0.4, 0.5) is 0 Å². The van der Waals surface area contributed by atoms with Gasteiger partial charge in [0.25, 0.3) is 0 Å². The first-order valence-corrected chi connectivity index (χ1v) is 7.44. The van der Waals surface area contributed by atoms with Gasteiger partial charge in [0.1, 0.15) is 0 Å². The van der Waals surface area contributed by atoms with Crippen LogP contribution < -0.4 is 0 Å². The van der Waals surface area contributed by atoms with Crippen molar-refractivity contribution in [3.63, 3.8) is 0 Å². The smallest absolute Gasteiger partial charge is 0.0492 e. The molecule has 0 aromatic rings. The molecule has 1 heterocycles. The van der Waals surface area contributed by atoms with E-state index < -0.39 is 0 Å². The Bertz CT molecular complexity index is 231. The van der Waals surface area contributed by atoms with Crippen molar-refractivity contribution in [2.75, 3.05) is 0 Å². The van der Waals surface area contributed by atoms with Crippen LogP contribution in [0.5, 0.6) is 0 Å². The summed E-state index contributed by atoms with van der Waals surface area (Å²) in [5.41, 5.74) is 4.11. The fraction of sp³-hybridized carbons (Fsp3) is 0.636. The monoisotopic (exact) mass is 178 g/mol. The topological polar surface area (TPSA) is 0 Å². The minimum Gasteiger partial charge on any atom is -0.0775 e. The molecule has 1 unspecified atom stereocenters. The second-order valence-electron chi connectivity index (χ2n) is 4.37. The minimum absolute atomic E-state index is 0.375. The summed E-state index contributed by atoms with van der Waals surface area (Å²) in [7, 11) is -0.375. The van der Waals surface area contributed by atoms with Crippen LogP contribution in [0.1, 0.15) is 26.7 Å². The van der Waals surface area contributed by atoms with Crippen molar-refractivity contribution in [1.82, 2.24) is 0 Å². The summed E-state index contributed by atoms with van der Waals surface area (Å²) in [4.78, 5) is 0. The molecule has 0 aromatic heterocycles. The molecule has 2 aliphatic rings. The molecule has 0 saturated carbocycles. The lowest BCUT2D eigenvalue weighted by atomic mass is 10.3. The van der Waals surface area contributed by atoms with E-state index in [1.54, 1.807) is 17.7 Å². The molecule has 12 heavy (non-hydrogen) atoms. The Morgan fingerprint density at radius 3 is 2.42 bits per heavy atom. The number of rotatable bonds is 1. The van der Waals surface area contributed by atoms with E-state index in [0.717, 1.165) is 5.54 Å². The zero-order chi connectivity index (χ0) is 8.55. The Balaban J connectivity index is 2.09. The van der Waals surface area contributed by atoms with Crippen LogP contribution in [0.3, 0.4) is 0 Å². The quantitative estimate of drug-likeness (QED) is 0.541. The second-order valence-corrected chi connectivity index (χ2v) is 7.76. The molecule has 2 rings (SSSR count). The molecule has 66 valence electrons. The Morgan fingerprint density at radius 2 is 1.92 bits per heavy atom. The van der Waals surface area contributed by atoms with Crippen molar-refractivity contribution < 1.29 is 0 Å². The maximum Gasteiger partial charge on any atom is 0.0492 e. The van der Waals surface area contributed by atoms with Gasteiger partial charge in [-0.25, -0.2) is 0 Å². The summed E-state index contributed by atoms with van der Waals surface area (Å²) in [6.45, 7) is 4.57. The lowest BCUT2D eigenvalue weighted by molar-refractivity contribution is 0.935. The van der Waals surface area contributed by atoms with Gasteiger partial charge in [-0.3, -0.25) is 0 Å². The lowest BCUT2D eigenvalue weighted by Gasteiger charge is -2.16. The average Bonchev–Trinajstić information content (AvgIpc) is 2.58. The van der Waals surface area contributed by atoms with Gasteiger partial charge in [0.2, 0.25) is 0 Å². The normalized spacial score (nSPS) is 30.7. The van der Waals surface area contributed by atoms with E-state index in [9.17, 15) is 0 Å². The van der Waals surface area contributed by atoms with Crippen molar-refractivity contribution in [3.8, 4) is 0 Å². The predicted molar refractivity (Wildman–Crippen MR) is 57.3 cm³/mol. The van der Waals surface area contributed by atoms with Crippen molar-refractivity contribution >= 4 is 8.80 Å². The third kappa shape index (κ3) is 1.42. The summed E-state index contributed by atoms with van der Waals surface area (Å²) in [6, 6.07) is 3.19. The molecule has 0 amide bonds. The van der Waals surface area contributed by atoms with Gasteiger partial charge in [0.15, 0.2) is 0 Å². The molecule has 1 atom stereocenters. The molecule has 1 heteroatoms. The SMILES string of the molecule is CC1=CC([SiH]2CCCC2)C(C)=C1. The zero-order valence-corrected chi connectivity index (χ0v) is 9.29. The fourth-order valence-electron chi connectivity index (χ4n) is 2.74. The van der Waals surface area contributed by atoms with Crippen molar-refractivity contribution in [3.05, 3.63) is 23.3 Å². The first kappa shape index (κ1) is 8.30. The van der Waals surface area contributed by atoms with Crippen LogP contribution in [0.25, 0.3) is 0 Å². The first-order valence-electron chi connectivity index (χ1n) is 5.14. The van der Waals surface area contributed by atoms with E-state index >= 15 is 0 Å². The summed E-state index contributed by atoms with van der Waals surface area (Å²) in [6.07, 6.45) is 7.95. The van der Waals surface area contributed by atoms with Gasteiger partial charge in [0.05, 0.1) is 0 Å². The van der Waals surface area contributed by atoms with Crippen LogP contribution in [-0.2, 0) is 0 Å². The minimum atomic E-state index is -0.375. The molecular weight excluding hydrogens is 160 g/mol. The van der Waals surface area contributed by atoms with Crippen LogP contribution >= 0.6 is 0 Å². The fourth-order valence-corrected chi connectivity index (χ4v) is 6.79. The van der Waals surface area contributed by atoms with E-state index in [2.05, 4.69) is 26.0 Å². The number of hydrogen-bond donors (Lipinski definition) is 0. The molecule has 1 saturated heterocycles. The largest absolute Gasteiger partial charge is 0.0775 e. The molecule has 1 aliphatic carbocycles. The number of allylic oxidation sites excluding steroid dienone is 4. The van der Waals surface area contributed by atoms with E-state index in [1.165, 1.54) is 18.4 Å². The second kappa shape index (κ2) is 3.21. The van der Waals surface area contributed by atoms with Gasteiger partial charge < -0.3 is 0 Å². The Morgan fingerprint density at radius 1 is 1.25 bits per heavy atom. The summed E-state index contributed by atoms with van der Waals surface area (Å²) in [5, 5.41) is 0. The third-order valence-electron chi connectivity index (χ3n) is 3.33. The highest BCUT2D eigenvalue weighted by molar-refractivity contribution is 6.62. The van der Waals surface area contributed by atoms with Crippen LogP contribution in [0, 0.1) is 0 Å². The van der Waals surface area contributed by atoms with Gasteiger partial charge in [-0.1, -0.05) is 48.2 Å². The maximum absolute atomic E-state index is 2.53. The summed E-state index contributed by atoms with van der Waals surface area (Å²) < 4.78 is 0. The molecule has 1 aliphatic heterocycles. The highest BCUT2D eigenvalue weighted by atomic mass is 28.3. The molecule has 0 radical (unpaired) electrons. The van der Waals surface area contributed by atoms with Gasteiger partial charge >= 0.3 is 0 Å². The lowest BCUT2D eigenvalue weighted by Crippen LogP contribution is -2.13. The van der Waals surface area contributed by atoms with Crippen LogP contribution in [0.15, 0.2) is 23.3 Å². The average molecular weight is 178 g/mol. The van der Waals surface area contributed by atoms with Gasteiger partial charge in [-0.2, -0.15) is 0 Å². The van der Waals surface area contributed by atoms with Crippen LogP contribution in [0.2, 0.25) is 17.6 Å². The van der Waals surface area contributed by atoms with Crippen molar-refractivity contribution in [2.24, 2.45) is 0 Å². The van der Waals surface area contributed by atoms with E-state index in [-0.39, 0.29) is 8.80 Å². The van der Waals surface area contributed by atoms with E-state index in [0.29, 0.717) is 0 Å². The molecule has 0 spiro atoms. The number of hydrogen-bond acceptors (Lipinski definition) is 0. The van der Waals surface area contributed by atoms with Crippen LogP contribution in [-0.4, -0.2) is 8.80 Å². The maximum atomic E-state index is 2.53. The van der Waals surface area contributed by atoms with E-state index in [4.69, 9.17) is 0 Å². The van der Waals surface area contributed by atoms with Crippen molar-refractivity contribution in [1.29, 1.82) is 0 Å². The molecule has 0 bridgehead atoms. The summed E-state index contributed by atoms with van der Waals surface area (Å²) in [5.74, 6) is 0. The van der Waals surface area contributed by atoms with Crippen molar-refractivity contribution in [2.45, 2.75) is 44.3 Å². The molecule has 0 nitrogen and oxygen atoms in total. The predicted octanol–water partition coefficient (Wildman–Crippen LogP) is 3.28. The Kier molecular flexibility index (Phi) is 2.22. The Labute approximate surface area is 77.0 Å². The highest BCUT2D eigenvalue weighted by Crippen LogP contribution is 2.38. The molecule has 1 fully saturated rings. The first-order chi connectivity index (χ1) is 5.77. The van der Waals surface area contributed by atoms with Gasteiger partial charge in [-0.05, 0) is 19.4 Å². The van der Waals surface area contributed by atoms with Gasteiger partial charge in [-0.15, -0.1) is 0 Å². The Hall–Kier alpha value is -0.303. The summed E-state index contributed by atoms with van der Waals surface area (Å²) >= 11 is 0. The molecule has 0 N–H and O–H groups in total. The standard InChI is InChI=1S/C11H18Si/c1-9-7-10(2)11(8-9)12-5-3-4-6-12/h7-8,11-12H,3-6H2,1-2H3. The molecule has 0 aromatic carbocycles. The third-order valence-corrected chi connectivity index (χ3v) is 7.36. The van der Waals surface area contributed by atoms with Gasteiger partial charge in [0, 0.05) is 8.80 Å². The van der Waals surface area contributed by atoms with E-state index in [1.807, 2.05) is 0 Å². The molecular formula is C11H18Si. The zero-order valence-electron chi connectivity index (χ0n) is 8.14. The highest BCUT2D eigenvalue weighted by Gasteiger charge is 2.27.